The fraction of sp³-hybridized carbons (Fsp3) is 0.423. The Morgan fingerprint density at radius 2 is 1.43 bits per heavy atom. The van der Waals surface area contributed by atoms with E-state index in [4.69, 9.17) is 14.2 Å². The molecule has 1 aliphatic carbocycles. The van der Waals surface area contributed by atoms with E-state index in [1.54, 1.807) is 0 Å². The molecule has 0 saturated heterocycles. The quantitative estimate of drug-likeness (QED) is 0.195. The molecule has 0 radical (unpaired) electrons. The van der Waals surface area contributed by atoms with Crippen molar-refractivity contribution < 1.29 is 19.0 Å². The zero-order valence-corrected chi connectivity index (χ0v) is 18.0. The second-order valence-electron chi connectivity index (χ2n) is 7.65. The first-order valence-corrected chi connectivity index (χ1v) is 11.0. The molecule has 0 aliphatic heterocycles. The van der Waals surface area contributed by atoms with E-state index in [1.165, 1.54) is 41.2 Å². The Hall–Kier alpha value is -2.75. The van der Waals surface area contributed by atoms with E-state index in [0.29, 0.717) is 13.2 Å². The van der Waals surface area contributed by atoms with Crippen molar-refractivity contribution in [3.05, 3.63) is 60.2 Å². The van der Waals surface area contributed by atoms with Crippen LogP contribution in [0.25, 0.3) is 11.1 Å². The predicted octanol–water partition coefficient (Wildman–Crippen LogP) is 6.11. The smallest absolute Gasteiger partial charge is 0.330 e. The minimum Gasteiger partial charge on any atom is -0.494 e. The van der Waals surface area contributed by atoms with E-state index in [0.717, 1.165) is 50.2 Å². The molecule has 0 spiro atoms. The Bertz CT molecular complexity index is 856. The number of fused-ring (bicyclic) bond motifs is 3. The summed E-state index contributed by atoms with van der Waals surface area (Å²) in [5.74, 6) is 1.52. The third-order valence-corrected chi connectivity index (χ3v) is 5.31. The molecule has 0 heterocycles. The molecular formula is C26H32O4. The van der Waals surface area contributed by atoms with Crippen LogP contribution < -0.4 is 9.47 Å². The summed E-state index contributed by atoms with van der Waals surface area (Å²) in [6.07, 6.45) is 8.36. The van der Waals surface area contributed by atoms with Gasteiger partial charge in [0.1, 0.15) is 11.5 Å². The Morgan fingerprint density at radius 3 is 2.00 bits per heavy atom. The number of hydrogen-bond donors (Lipinski definition) is 0. The topological polar surface area (TPSA) is 44.8 Å². The molecule has 4 nitrogen and oxygen atoms in total. The number of unbranched alkanes of at least 4 members (excludes halogenated alkanes) is 4. The standard InChI is InChI=1S/C26H32O4/c1-3-5-7-14-28-22-10-12-24-20(18-22)17-21-19-23(11-13-25(21)24)29-15-8-6-9-16-30-26(27)4-2/h4,10-13,18-19H,2-3,5-9,14-17H2,1H3. The first kappa shape index (κ1) is 21.9. The molecule has 30 heavy (non-hydrogen) atoms. The van der Waals surface area contributed by atoms with Gasteiger partial charge in [-0.1, -0.05) is 38.5 Å². The molecule has 0 saturated carbocycles. The van der Waals surface area contributed by atoms with Crippen LogP contribution in [0, 0.1) is 0 Å². The van der Waals surface area contributed by atoms with Crippen molar-refractivity contribution in [3.8, 4) is 22.6 Å². The number of esters is 1. The van der Waals surface area contributed by atoms with Gasteiger partial charge in [-0.2, -0.15) is 0 Å². The molecule has 2 aromatic rings. The van der Waals surface area contributed by atoms with Crippen molar-refractivity contribution in [3.63, 3.8) is 0 Å². The maximum atomic E-state index is 11.0. The lowest BCUT2D eigenvalue weighted by Gasteiger charge is -2.09. The highest BCUT2D eigenvalue weighted by molar-refractivity contribution is 5.81. The number of carbonyl (C=O) groups excluding carboxylic acids is 1. The number of rotatable bonds is 13. The van der Waals surface area contributed by atoms with Crippen molar-refractivity contribution in [2.24, 2.45) is 0 Å². The second kappa shape index (κ2) is 11.4. The molecule has 4 heteroatoms. The molecule has 3 rings (SSSR count). The summed E-state index contributed by atoms with van der Waals surface area (Å²) in [6.45, 7) is 7.47. The van der Waals surface area contributed by atoms with Crippen molar-refractivity contribution in [1.82, 2.24) is 0 Å². The summed E-state index contributed by atoms with van der Waals surface area (Å²) in [6, 6.07) is 12.8. The molecule has 0 aromatic heterocycles. The van der Waals surface area contributed by atoms with Crippen molar-refractivity contribution in [2.75, 3.05) is 19.8 Å². The third kappa shape index (κ3) is 6.12. The highest BCUT2D eigenvalue weighted by atomic mass is 16.5. The van der Waals surface area contributed by atoms with E-state index in [2.05, 4.69) is 49.9 Å². The van der Waals surface area contributed by atoms with Crippen LogP contribution in [-0.4, -0.2) is 25.8 Å². The predicted molar refractivity (Wildman–Crippen MR) is 120 cm³/mol. The van der Waals surface area contributed by atoms with Crippen LogP contribution in [0.4, 0.5) is 0 Å². The highest BCUT2D eigenvalue weighted by Gasteiger charge is 2.19. The summed E-state index contributed by atoms with van der Waals surface area (Å²) in [5.41, 5.74) is 5.22. The van der Waals surface area contributed by atoms with Crippen molar-refractivity contribution in [2.45, 2.75) is 51.9 Å². The van der Waals surface area contributed by atoms with E-state index >= 15 is 0 Å². The third-order valence-electron chi connectivity index (χ3n) is 5.31. The summed E-state index contributed by atoms with van der Waals surface area (Å²) < 4.78 is 16.8. The maximum Gasteiger partial charge on any atom is 0.330 e. The minimum absolute atomic E-state index is 0.361. The van der Waals surface area contributed by atoms with Gasteiger partial charge in [-0.25, -0.2) is 4.79 Å². The van der Waals surface area contributed by atoms with Crippen LogP contribution in [0.3, 0.4) is 0 Å². The summed E-state index contributed by atoms with van der Waals surface area (Å²) in [7, 11) is 0. The van der Waals surface area contributed by atoms with Crippen LogP contribution in [-0.2, 0) is 16.0 Å². The maximum absolute atomic E-state index is 11.0. The normalized spacial score (nSPS) is 11.5. The SMILES string of the molecule is C=CC(=O)OCCCCCOc1ccc2c(c1)Cc1cc(OCCCCC)ccc1-2. The van der Waals surface area contributed by atoms with Gasteiger partial charge < -0.3 is 14.2 Å². The monoisotopic (exact) mass is 408 g/mol. The number of carbonyl (C=O) groups is 1. The fourth-order valence-corrected chi connectivity index (χ4v) is 3.69. The van der Waals surface area contributed by atoms with Crippen LogP contribution in [0.2, 0.25) is 0 Å². The van der Waals surface area contributed by atoms with Gasteiger partial charge in [0, 0.05) is 6.08 Å². The molecule has 2 aromatic carbocycles. The van der Waals surface area contributed by atoms with Gasteiger partial charge in [-0.3, -0.25) is 0 Å². The number of ether oxygens (including phenoxy) is 3. The van der Waals surface area contributed by atoms with Gasteiger partial charge in [0.15, 0.2) is 0 Å². The number of benzene rings is 2. The Kier molecular flexibility index (Phi) is 8.37. The van der Waals surface area contributed by atoms with E-state index in [9.17, 15) is 4.79 Å². The first-order valence-electron chi connectivity index (χ1n) is 11.0. The Morgan fingerprint density at radius 1 is 0.867 bits per heavy atom. The van der Waals surface area contributed by atoms with Crippen LogP contribution in [0.1, 0.15) is 56.6 Å². The lowest BCUT2D eigenvalue weighted by Crippen LogP contribution is -2.03. The van der Waals surface area contributed by atoms with Gasteiger partial charge in [-0.15, -0.1) is 0 Å². The average Bonchev–Trinajstić information content (AvgIpc) is 3.12. The molecule has 1 aliphatic rings. The van der Waals surface area contributed by atoms with Gasteiger partial charge in [-0.05, 0) is 78.6 Å². The van der Waals surface area contributed by atoms with Gasteiger partial charge >= 0.3 is 5.97 Å². The lowest BCUT2D eigenvalue weighted by molar-refractivity contribution is -0.137. The molecule has 0 amide bonds. The van der Waals surface area contributed by atoms with Crippen LogP contribution >= 0.6 is 0 Å². The van der Waals surface area contributed by atoms with Gasteiger partial charge in [0.25, 0.3) is 0 Å². The fourth-order valence-electron chi connectivity index (χ4n) is 3.69. The summed E-state index contributed by atoms with van der Waals surface area (Å²) >= 11 is 0. The van der Waals surface area contributed by atoms with Crippen molar-refractivity contribution in [1.29, 1.82) is 0 Å². The number of hydrogen-bond acceptors (Lipinski definition) is 4. The van der Waals surface area contributed by atoms with E-state index in [1.807, 2.05) is 0 Å². The average molecular weight is 409 g/mol. The molecule has 0 fully saturated rings. The van der Waals surface area contributed by atoms with Crippen LogP contribution in [0.15, 0.2) is 49.1 Å². The Balaban J connectivity index is 1.45. The molecule has 0 unspecified atom stereocenters. The Labute approximate surface area is 179 Å². The second-order valence-corrected chi connectivity index (χ2v) is 7.65. The van der Waals surface area contributed by atoms with Gasteiger partial charge in [0.2, 0.25) is 0 Å². The van der Waals surface area contributed by atoms with Crippen molar-refractivity contribution >= 4 is 5.97 Å². The molecule has 0 atom stereocenters. The molecule has 0 N–H and O–H groups in total. The zero-order valence-electron chi connectivity index (χ0n) is 18.0. The summed E-state index contributed by atoms with van der Waals surface area (Å²) in [5, 5.41) is 0. The van der Waals surface area contributed by atoms with E-state index in [-0.39, 0.29) is 5.97 Å². The lowest BCUT2D eigenvalue weighted by atomic mass is 10.1. The molecule has 0 bridgehead atoms. The summed E-state index contributed by atoms with van der Waals surface area (Å²) in [4.78, 5) is 11.0. The van der Waals surface area contributed by atoms with Gasteiger partial charge in [0.05, 0.1) is 19.8 Å². The zero-order chi connectivity index (χ0) is 21.2. The highest BCUT2D eigenvalue weighted by Crippen LogP contribution is 2.39. The minimum atomic E-state index is -0.361. The largest absolute Gasteiger partial charge is 0.494 e. The molecule has 160 valence electrons. The van der Waals surface area contributed by atoms with E-state index < -0.39 is 0 Å². The van der Waals surface area contributed by atoms with Crippen LogP contribution in [0.5, 0.6) is 11.5 Å². The first-order chi connectivity index (χ1) is 14.7. The molecular weight excluding hydrogens is 376 g/mol.